The molecule has 8 nitrogen and oxygen atoms in total. The molecule has 0 aliphatic rings. The number of hydrogen-bond donors (Lipinski definition) is 4. The highest BCUT2D eigenvalue weighted by Crippen LogP contribution is 2.26. The van der Waals surface area contributed by atoms with E-state index in [0.717, 1.165) is 24.1 Å². The van der Waals surface area contributed by atoms with Gasteiger partial charge in [-0.15, -0.1) is 0 Å². The molecular weight excluding hydrogens is 381 g/mol. The van der Waals surface area contributed by atoms with Crippen molar-refractivity contribution in [1.82, 2.24) is 16.0 Å². The molecule has 1 aromatic heterocycles. The zero-order valence-electron chi connectivity index (χ0n) is 17.3. The number of nitrogens with one attached hydrogen (secondary N) is 2. The number of carbonyl (C=O) groups is 1. The lowest BCUT2D eigenvalue weighted by Gasteiger charge is -2.05. The smallest absolute Gasteiger partial charge is 0.322 e. The van der Waals surface area contributed by atoms with E-state index in [0.29, 0.717) is 12.3 Å². The minimum absolute atomic E-state index is 0.267. The molecule has 0 unspecified atom stereocenters. The lowest BCUT2D eigenvalue weighted by atomic mass is 10.0. The zero-order valence-corrected chi connectivity index (χ0v) is 18.2. The van der Waals surface area contributed by atoms with Crippen LogP contribution in [0.5, 0.6) is 0 Å². The topological polar surface area (TPSA) is 125 Å². The van der Waals surface area contributed by atoms with Crippen molar-refractivity contribution in [3.63, 3.8) is 0 Å². The van der Waals surface area contributed by atoms with E-state index in [2.05, 4.69) is 43.7 Å². The fourth-order valence-corrected chi connectivity index (χ4v) is 1.36. The molecule has 1 aromatic carbocycles. The second-order valence-electron chi connectivity index (χ2n) is 6.94. The van der Waals surface area contributed by atoms with Crippen molar-refractivity contribution in [2.75, 3.05) is 6.66 Å². The van der Waals surface area contributed by atoms with Crippen LogP contribution in [0.1, 0.15) is 49.5 Å². The Morgan fingerprint density at radius 2 is 1.64 bits per heavy atom. The second-order valence-corrected chi connectivity index (χ2v) is 8.61. The lowest BCUT2D eigenvalue weighted by Crippen LogP contribution is -2.36. The van der Waals surface area contributed by atoms with Gasteiger partial charge in [0.15, 0.2) is 5.69 Å². The Bertz CT molecular complexity index is 712. The number of aromatic nitrogens is 1. The monoisotopic (exact) mass is 413 g/mol. The third-order valence-electron chi connectivity index (χ3n) is 3.53. The summed E-state index contributed by atoms with van der Waals surface area (Å²) in [6.07, 6.45) is 0. The van der Waals surface area contributed by atoms with Crippen LogP contribution in [0.4, 0.5) is 0 Å². The van der Waals surface area contributed by atoms with E-state index >= 15 is 0 Å². The molecule has 1 amide bonds. The highest BCUT2D eigenvalue weighted by molar-refractivity contribution is 7.50. The largest absolute Gasteiger partial charge is 0.361 e. The maximum atomic E-state index is 11.6. The number of carbonyl (C=O) groups excluding carboxylic acids is 1. The molecule has 0 atom stereocenters. The van der Waals surface area contributed by atoms with Crippen LogP contribution in [0.25, 0.3) is 0 Å². The molecule has 28 heavy (non-hydrogen) atoms. The van der Waals surface area contributed by atoms with Gasteiger partial charge in [-0.2, -0.15) is 0 Å². The molecule has 0 aliphatic carbocycles. The summed E-state index contributed by atoms with van der Waals surface area (Å²) in [6, 6.07) is 11.4. The molecule has 0 bridgehead atoms. The average molecular weight is 413 g/mol. The van der Waals surface area contributed by atoms with E-state index < -0.39 is 7.60 Å². The highest BCUT2D eigenvalue weighted by atomic mass is 31.2. The first kappa shape index (κ1) is 26.0. The van der Waals surface area contributed by atoms with Gasteiger partial charge in [0.2, 0.25) is 0 Å². The van der Waals surface area contributed by atoms with Crippen molar-refractivity contribution in [2.24, 2.45) is 11.8 Å². The Morgan fingerprint density at radius 3 is 2.04 bits per heavy atom. The standard InChI is InChI=1S/C12H13N3O2.C6H14.CH5O3P/c1-9-7-11(15-17-9)12(16)14-13-8-10-5-3-2-4-6-10;1-5(2)6(3)4;1-5(2,3)4/h2-7,13H,8H2,1H3,(H,14,16);5-6H,1-4H3;1H3,(H2,2,3,4). The van der Waals surface area contributed by atoms with Gasteiger partial charge in [0, 0.05) is 19.3 Å². The third kappa shape index (κ3) is 15.1. The van der Waals surface area contributed by atoms with Crippen molar-refractivity contribution in [2.45, 2.75) is 41.2 Å². The van der Waals surface area contributed by atoms with Crippen LogP contribution in [0.2, 0.25) is 0 Å². The van der Waals surface area contributed by atoms with Crippen LogP contribution >= 0.6 is 7.60 Å². The molecule has 2 rings (SSSR count). The van der Waals surface area contributed by atoms with E-state index in [1.807, 2.05) is 30.3 Å². The van der Waals surface area contributed by atoms with Crippen molar-refractivity contribution < 1.29 is 23.7 Å². The third-order valence-corrected chi connectivity index (χ3v) is 3.53. The Morgan fingerprint density at radius 1 is 1.14 bits per heavy atom. The van der Waals surface area contributed by atoms with Gasteiger partial charge in [0.1, 0.15) is 5.76 Å². The van der Waals surface area contributed by atoms with Crippen LogP contribution in [-0.2, 0) is 11.1 Å². The van der Waals surface area contributed by atoms with Crippen molar-refractivity contribution in [1.29, 1.82) is 0 Å². The number of aryl methyl sites for hydroxylation is 1. The summed E-state index contributed by atoms with van der Waals surface area (Å²) in [5.41, 5.74) is 6.73. The van der Waals surface area contributed by atoms with Crippen LogP contribution in [-0.4, -0.2) is 27.5 Å². The summed E-state index contributed by atoms with van der Waals surface area (Å²) in [4.78, 5) is 26.8. The van der Waals surface area contributed by atoms with Crippen molar-refractivity contribution in [3.8, 4) is 0 Å². The lowest BCUT2D eigenvalue weighted by molar-refractivity contribution is 0.0923. The van der Waals surface area contributed by atoms with Crippen molar-refractivity contribution >= 4 is 13.5 Å². The van der Waals surface area contributed by atoms with Crippen LogP contribution < -0.4 is 10.9 Å². The Hall–Kier alpha value is -1.99. The van der Waals surface area contributed by atoms with E-state index in [-0.39, 0.29) is 11.6 Å². The van der Waals surface area contributed by atoms with E-state index in [1.165, 1.54) is 0 Å². The molecule has 4 N–H and O–H groups in total. The normalized spacial score (nSPS) is 10.6. The van der Waals surface area contributed by atoms with Gasteiger partial charge in [0.05, 0.1) is 0 Å². The maximum absolute atomic E-state index is 11.6. The Labute approximate surface area is 166 Å². The van der Waals surface area contributed by atoms with Crippen LogP contribution in [0, 0.1) is 18.8 Å². The molecule has 0 spiro atoms. The van der Waals surface area contributed by atoms with E-state index in [1.54, 1.807) is 13.0 Å². The molecule has 1 heterocycles. The Kier molecular flexibility index (Phi) is 12.3. The first-order valence-corrected chi connectivity index (χ1v) is 11.0. The molecule has 0 saturated carbocycles. The highest BCUT2D eigenvalue weighted by Gasteiger charge is 2.09. The Balaban J connectivity index is 0.000000550. The summed E-state index contributed by atoms with van der Waals surface area (Å²) in [5, 5.41) is 3.61. The summed E-state index contributed by atoms with van der Waals surface area (Å²) in [7, 11) is -3.64. The van der Waals surface area contributed by atoms with Gasteiger partial charge < -0.3 is 14.3 Å². The fourth-order valence-electron chi connectivity index (χ4n) is 1.36. The minimum atomic E-state index is -3.64. The molecule has 9 heteroatoms. The predicted octanol–water partition coefficient (Wildman–Crippen LogP) is 3.51. The molecule has 0 fully saturated rings. The summed E-state index contributed by atoms with van der Waals surface area (Å²) in [6.45, 7) is 12.1. The van der Waals surface area contributed by atoms with Crippen LogP contribution in [0.3, 0.4) is 0 Å². The molecule has 0 radical (unpaired) electrons. The molecule has 2 aromatic rings. The predicted molar refractivity (Wildman–Crippen MR) is 110 cm³/mol. The summed E-state index contributed by atoms with van der Waals surface area (Å²) in [5.74, 6) is 2.01. The molecular formula is C19H32N3O5P. The minimum Gasteiger partial charge on any atom is -0.361 e. The van der Waals surface area contributed by atoms with Crippen molar-refractivity contribution in [3.05, 3.63) is 53.4 Å². The van der Waals surface area contributed by atoms with Gasteiger partial charge in [-0.3, -0.25) is 14.8 Å². The van der Waals surface area contributed by atoms with Gasteiger partial charge in [0.25, 0.3) is 5.91 Å². The average Bonchev–Trinajstić information content (AvgIpc) is 3.01. The number of amides is 1. The van der Waals surface area contributed by atoms with Gasteiger partial charge in [-0.1, -0.05) is 63.2 Å². The number of hydrazine groups is 1. The summed E-state index contributed by atoms with van der Waals surface area (Å²) >= 11 is 0. The summed E-state index contributed by atoms with van der Waals surface area (Å²) < 4.78 is 14.1. The van der Waals surface area contributed by atoms with Crippen LogP contribution in [0.15, 0.2) is 40.9 Å². The molecule has 0 aliphatic heterocycles. The number of benzene rings is 1. The van der Waals surface area contributed by atoms with E-state index in [9.17, 15) is 9.36 Å². The molecule has 0 saturated heterocycles. The SMILES string of the molecule is CC(C)C(C)C.CP(=O)(O)O.Cc1cc(C(=O)NNCc2ccccc2)no1. The fraction of sp³-hybridized carbons (Fsp3) is 0.474. The van der Waals surface area contributed by atoms with Gasteiger partial charge in [-0.05, 0) is 24.3 Å². The van der Waals surface area contributed by atoms with E-state index in [4.69, 9.17) is 14.3 Å². The first-order valence-electron chi connectivity index (χ1n) is 8.93. The maximum Gasteiger partial charge on any atom is 0.322 e. The quantitative estimate of drug-likeness (QED) is 0.437. The number of rotatable bonds is 5. The number of nitrogens with zero attached hydrogens (tertiary/aromatic N) is 1. The second kappa shape index (κ2) is 13.2. The molecule has 158 valence electrons. The van der Waals surface area contributed by atoms with Gasteiger partial charge >= 0.3 is 7.60 Å². The number of hydrogen-bond acceptors (Lipinski definition) is 5. The zero-order chi connectivity index (χ0) is 21.7. The first-order chi connectivity index (χ1) is 12.9. The van der Waals surface area contributed by atoms with Gasteiger partial charge in [-0.25, -0.2) is 5.43 Å².